The molecule has 0 aliphatic carbocycles. The summed E-state index contributed by atoms with van der Waals surface area (Å²) < 4.78 is 4.54. The molecule has 110 valence electrons. The maximum Gasteiger partial charge on any atom is 0.339 e. The van der Waals surface area contributed by atoms with E-state index in [1.54, 1.807) is 0 Å². The molecule has 2 aromatic carbocycles. The lowest BCUT2D eigenvalue weighted by Gasteiger charge is -2.01. The highest BCUT2D eigenvalue weighted by Gasteiger charge is 2.08. The second-order valence-electron chi connectivity index (χ2n) is 4.18. The molecule has 0 bridgehead atoms. The molecule has 0 atom stereocenters. The van der Waals surface area contributed by atoms with Crippen molar-refractivity contribution in [1.82, 2.24) is 0 Å². The first-order valence-corrected chi connectivity index (χ1v) is 6.03. The smallest absolute Gasteiger partial charge is 0.339 e. The average molecular weight is 298 g/mol. The van der Waals surface area contributed by atoms with Crippen molar-refractivity contribution in [3.05, 3.63) is 53.1 Å². The Morgan fingerprint density at radius 3 is 2.09 bits per heavy atom. The van der Waals surface area contributed by atoms with E-state index in [0.29, 0.717) is 11.1 Å². The summed E-state index contributed by atoms with van der Waals surface area (Å²) in [6, 6.07) is 8.19. The van der Waals surface area contributed by atoms with E-state index in [0.717, 1.165) is 0 Å². The molecule has 6 nitrogen and oxygen atoms in total. The lowest BCUT2D eigenvalue weighted by Crippen LogP contribution is -1.96. The van der Waals surface area contributed by atoms with Crippen molar-refractivity contribution in [1.29, 1.82) is 0 Å². The number of hydrogen-bond acceptors (Lipinski definition) is 5. The number of phenols is 2. The Morgan fingerprint density at radius 1 is 1.00 bits per heavy atom. The van der Waals surface area contributed by atoms with Crippen LogP contribution in [0, 0.1) is 11.8 Å². The molecule has 0 saturated heterocycles. The summed E-state index contributed by atoms with van der Waals surface area (Å²) in [5, 5.41) is 28.0. The topological polar surface area (TPSA) is 104 Å². The summed E-state index contributed by atoms with van der Waals surface area (Å²) >= 11 is 0. The second-order valence-corrected chi connectivity index (χ2v) is 4.18. The zero-order chi connectivity index (χ0) is 16.1. The zero-order valence-electron chi connectivity index (χ0n) is 11.1. The van der Waals surface area contributed by atoms with E-state index in [1.807, 2.05) is 0 Å². The Labute approximate surface area is 125 Å². The van der Waals surface area contributed by atoms with Crippen LogP contribution in [0.4, 0.5) is 0 Å². The van der Waals surface area contributed by atoms with Gasteiger partial charge in [0, 0.05) is 11.1 Å². The van der Waals surface area contributed by atoms with E-state index in [9.17, 15) is 19.8 Å². The molecule has 0 aliphatic heterocycles. The molecule has 0 aliphatic rings. The van der Waals surface area contributed by atoms with Crippen molar-refractivity contribution in [2.45, 2.75) is 0 Å². The summed E-state index contributed by atoms with van der Waals surface area (Å²) in [5.74, 6) is 3.63. The average Bonchev–Trinajstić information content (AvgIpc) is 2.47. The molecule has 0 heterocycles. The fraction of sp³-hybridized carbons (Fsp3) is 0. The molecule has 0 amide bonds. The van der Waals surface area contributed by atoms with Crippen LogP contribution in [0.15, 0.2) is 36.4 Å². The van der Waals surface area contributed by atoms with Gasteiger partial charge in [-0.05, 0) is 36.4 Å². The van der Waals surface area contributed by atoms with E-state index in [-0.39, 0.29) is 29.3 Å². The second kappa shape index (κ2) is 6.33. The van der Waals surface area contributed by atoms with E-state index in [2.05, 4.69) is 16.6 Å². The van der Waals surface area contributed by atoms with Crippen LogP contribution in [-0.4, -0.2) is 27.8 Å². The summed E-state index contributed by atoms with van der Waals surface area (Å²) in [5.41, 5.74) is 0.659. The molecule has 0 saturated carbocycles. The van der Waals surface area contributed by atoms with Crippen LogP contribution in [0.25, 0.3) is 0 Å². The summed E-state index contributed by atoms with van der Waals surface area (Å²) in [6.07, 6.45) is 0. The molecule has 0 unspecified atom stereocenters. The van der Waals surface area contributed by atoms with Crippen molar-refractivity contribution in [2.24, 2.45) is 0 Å². The number of aromatic hydroxyl groups is 2. The van der Waals surface area contributed by atoms with Gasteiger partial charge >= 0.3 is 5.97 Å². The van der Waals surface area contributed by atoms with Crippen LogP contribution in [-0.2, 0) is 4.79 Å². The molecule has 2 rings (SSSR count). The molecular weight excluding hydrogens is 288 g/mol. The summed E-state index contributed by atoms with van der Waals surface area (Å²) in [6.45, 7) is 0.202. The van der Waals surface area contributed by atoms with Gasteiger partial charge in [-0.3, -0.25) is 4.79 Å². The Bertz CT molecular complexity index is 798. The van der Waals surface area contributed by atoms with Gasteiger partial charge in [0.2, 0.25) is 0 Å². The van der Waals surface area contributed by atoms with Crippen LogP contribution >= 0.6 is 0 Å². The molecule has 22 heavy (non-hydrogen) atoms. The molecular formula is C16H10O6. The van der Waals surface area contributed by atoms with Gasteiger partial charge in [0.05, 0.1) is 0 Å². The number of aromatic carboxylic acids is 1. The third-order valence-corrected chi connectivity index (χ3v) is 2.71. The predicted octanol–water partition coefficient (Wildman–Crippen LogP) is 1.73. The summed E-state index contributed by atoms with van der Waals surface area (Å²) in [4.78, 5) is 21.0. The fourth-order valence-electron chi connectivity index (χ4n) is 1.68. The normalized spacial score (nSPS) is 9.45. The van der Waals surface area contributed by atoms with Gasteiger partial charge in [-0.1, -0.05) is 11.8 Å². The van der Waals surface area contributed by atoms with E-state index in [4.69, 9.17) is 5.11 Å². The fourth-order valence-corrected chi connectivity index (χ4v) is 1.68. The number of phenolic OH excluding ortho intramolecular Hbond substituents is 1. The number of carboxylic acids is 1. The Hall–Kier alpha value is -3.46. The van der Waals surface area contributed by atoms with Gasteiger partial charge in [-0.25, -0.2) is 4.79 Å². The Morgan fingerprint density at radius 2 is 1.59 bits per heavy atom. The number of carbonyl (C=O) groups is 2. The van der Waals surface area contributed by atoms with E-state index >= 15 is 0 Å². The summed E-state index contributed by atoms with van der Waals surface area (Å²) in [7, 11) is 0. The number of hydrogen-bond donors (Lipinski definition) is 3. The standard InChI is InChI=1S/C16H10O6/c17-9-22-15-6-4-11(8-14(15)19)2-1-10-3-5-12(16(20)21)13(18)7-10/h3-9,18-19H,(H,20,21). The van der Waals surface area contributed by atoms with Gasteiger partial charge in [-0.2, -0.15) is 0 Å². The first kappa shape index (κ1) is 14.9. The van der Waals surface area contributed by atoms with Gasteiger partial charge < -0.3 is 20.1 Å². The first-order valence-electron chi connectivity index (χ1n) is 6.03. The minimum Gasteiger partial charge on any atom is -0.507 e. The predicted molar refractivity (Wildman–Crippen MR) is 75.8 cm³/mol. The molecule has 2 aromatic rings. The maximum atomic E-state index is 10.8. The van der Waals surface area contributed by atoms with Crippen LogP contribution in [0.1, 0.15) is 21.5 Å². The first-order chi connectivity index (χ1) is 10.5. The van der Waals surface area contributed by atoms with Crippen molar-refractivity contribution in [3.63, 3.8) is 0 Å². The monoisotopic (exact) mass is 298 g/mol. The molecule has 6 heteroatoms. The largest absolute Gasteiger partial charge is 0.507 e. The number of carbonyl (C=O) groups excluding carboxylic acids is 1. The lowest BCUT2D eigenvalue weighted by atomic mass is 10.1. The third kappa shape index (κ3) is 3.35. The van der Waals surface area contributed by atoms with Gasteiger partial charge in [0.25, 0.3) is 6.47 Å². The number of benzene rings is 2. The number of ether oxygens (including phenoxy) is 1. The van der Waals surface area contributed by atoms with Crippen LogP contribution < -0.4 is 4.74 Å². The van der Waals surface area contributed by atoms with Gasteiger partial charge in [0.1, 0.15) is 11.3 Å². The van der Waals surface area contributed by atoms with Crippen molar-refractivity contribution >= 4 is 12.4 Å². The maximum absolute atomic E-state index is 10.8. The van der Waals surface area contributed by atoms with Crippen molar-refractivity contribution in [3.8, 4) is 29.1 Å². The molecule has 0 fully saturated rings. The highest BCUT2D eigenvalue weighted by molar-refractivity contribution is 5.90. The molecule has 3 N–H and O–H groups in total. The van der Waals surface area contributed by atoms with Gasteiger partial charge in [0.15, 0.2) is 11.5 Å². The SMILES string of the molecule is O=COc1ccc(C#Cc2ccc(C(=O)O)c(O)c2)cc1O. The minimum atomic E-state index is -1.23. The lowest BCUT2D eigenvalue weighted by molar-refractivity contribution is -0.120. The van der Waals surface area contributed by atoms with Crippen LogP contribution in [0.2, 0.25) is 0 Å². The minimum absolute atomic E-state index is 0.0176. The quantitative estimate of drug-likeness (QED) is 0.589. The van der Waals surface area contributed by atoms with Crippen molar-refractivity contribution < 1.29 is 29.6 Å². The molecule has 0 spiro atoms. The highest BCUT2D eigenvalue weighted by Crippen LogP contribution is 2.26. The van der Waals surface area contributed by atoms with E-state index < -0.39 is 5.97 Å². The van der Waals surface area contributed by atoms with Crippen LogP contribution in [0.3, 0.4) is 0 Å². The van der Waals surface area contributed by atoms with E-state index in [1.165, 1.54) is 36.4 Å². The number of carboxylic acid groups (broad SMARTS) is 1. The van der Waals surface area contributed by atoms with Gasteiger partial charge in [-0.15, -0.1) is 0 Å². The molecule has 0 aromatic heterocycles. The van der Waals surface area contributed by atoms with Crippen LogP contribution in [0.5, 0.6) is 17.2 Å². The third-order valence-electron chi connectivity index (χ3n) is 2.71. The Kier molecular flexibility index (Phi) is 4.30. The van der Waals surface area contributed by atoms with Crippen molar-refractivity contribution in [2.75, 3.05) is 0 Å². The Balaban J connectivity index is 2.27. The zero-order valence-corrected chi connectivity index (χ0v) is 11.1. The molecule has 0 radical (unpaired) electrons. The number of rotatable bonds is 3. The highest BCUT2D eigenvalue weighted by atomic mass is 16.5.